The summed E-state index contributed by atoms with van der Waals surface area (Å²) in [5.41, 5.74) is 1.73. The lowest BCUT2D eigenvalue weighted by Crippen LogP contribution is -2.06. The Morgan fingerprint density at radius 3 is 2.18 bits per heavy atom. The van der Waals surface area contributed by atoms with E-state index in [4.69, 9.17) is 0 Å². The quantitative estimate of drug-likeness (QED) is 0.730. The lowest BCUT2D eigenvalue weighted by Gasteiger charge is -2.12. The maximum atomic E-state index is 13.2. The van der Waals surface area contributed by atoms with Crippen LogP contribution in [0.2, 0.25) is 0 Å². The number of benzene rings is 2. The summed E-state index contributed by atoms with van der Waals surface area (Å²) in [5, 5.41) is 0. The van der Waals surface area contributed by atoms with Crippen molar-refractivity contribution in [1.82, 2.24) is 0 Å². The Morgan fingerprint density at radius 1 is 0.941 bits per heavy atom. The molecule has 0 N–H and O–H groups in total. The van der Waals surface area contributed by atoms with Crippen LogP contribution >= 0.6 is 12.6 Å². The molecule has 17 heavy (non-hydrogen) atoms. The van der Waals surface area contributed by atoms with Crippen LogP contribution in [0.4, 0.5) is 8.78 Å². The van der Waals surface area contributed by atoms with Crippen LogP contribution in [0.25, 0.3) is 11.1 Å². The zero-order chi connectivity index (χ0) is 12.5. The highest BCUT2D eigenvalue weighted by molar-refractivity contribution is 7.80. The van der Waals surface area contributed by atoms with E-state index in [9.17, 15) is 8.78 Å². The predicted octanol–water partition coefficient (Wildman–Crippen LogP) is 4.75. The number of alkyl halides is 2. The molecule has 0 atom stereocenters. The maximum absolute atomic E-state index is 13.2. The van der Waals surface area contributed by atoms with Crippen molar-refractivity contribution in [3.8, 4) is 11.1 Å². The van der Waals surface area contributed by atoms with E-state index in [1.807, 2.05) is 30.3 Å². The van der Waals surface area contributed by atoms with Crippen LogP contribution in [0.15, 0.2) is 53.4 Å². The highest BCUT2D eigenvalue weighted by Crippen LogP contribution is 2.30. The third kappa shape index (κ3) is 2.86. The van der Waals surface area contributed by atoms with Crippen molar-refractivity contribution in [2.45, 2.75) is 17.7 Å². The summed E-state index contributed by atoms with van der Waals surface area (Å²) in [6.07, 6.45) is 0. The molecule has 0 aromatic heterocycles. The molecule has 0 amide bonds. The topological polar surface area (TPSA) is 0 Å². The molecule has 0 heterocycles. The van der Waals surface area contributed by atoms with E-state index >= 15 is 0 Å². The molecule has 0 aliphatic rings. The molecule has 2 aromatic rings. The van der Waals surface area contributed by atoms with E-state index in [1.54, 1.807) is 6.07 Å². The molecule has 0 fully saturated rings. The van der Waals surface area contributed by atoms with Crippen molar-refractivity contribution in [1.29, 1.82) is 0 Å². The first-order valence-corrected chi connectivity index (χ1v) is 5.69. The van der Waals surface area contributed by atoms with Gasteiger partial charge in [0.25, 0.3) is 5.92 Å². The van der Waals surface area contributed by atoms with Crippen LogP contribution in [-0.4, -0.2) is 0 Å². The fraction of sp³-hybridized carbons (Fsp3) is 0.143. The van der Waals surface area contributed by atoms with Crippen molar-refractivity contribution in [3.63, 3.8) is 0 Å². The van der Waals surface area contributed by atoms with Gasteiger partial charge >= 0.3 is 0 Å². The smallest absolute Gasteiger partial charge is 0.202 e. The fourth-order valence-corrected chi connectivity index (χ4v) is 1.77. The number of rotatable bonds is 2. The Morgan fingerprint density at radius 2 is 1.59 bits per heavy atom. The zero-order valence-corrected chi connectivity index (χ0v) is 10.2. The van der Waals surface area contributed by atoms with Crippen molar-refractivity contribution >= 4 is 12.6 Å². The second kappa shape index (κ2) is 4.49. The average molecular weight is 250 g/mol. The third-order valence-electron chi connectivity index (χ3n) is 2.57. The van der Waals surface area contributed by atoms with Gasteiger partial charge in [0.2, 0.25) is 0 Å². The van der Waals surface area contributed by atoms with Gasteiger partial charge in [-0.2, -0.15) is 0 Å². The summed E-state index contributed by atoms with van der Waals surface area (Å²) in [6.45, 7) is 0.906. The molecule has 0 saturated carbocycles. The molecular weight excluding hydrogens is 238 g/mol. The van der Waals surface area contributed by atoms with E-state index in [-0.39, 0.29) is 5.56 Å². The van der Waals surface area contributed by atoms with Gasteiger partial charge in [-0.25, -0.2) is 8.78 Å². The Labute approximate surface area is 105 Å². The van der Waals surface area contributed by atoms with Crippen LogP contribution in [-0.2, 0) is 5.92 Å². The van der Waals surface area contributed by atoms with Gasteiger partial charge < -0.3 is 0 Å². The molecule has 2 rings (SSSR count). The van der Waals surface area contributed by atoms with Crippen molar-refractivity contribution < 1.29 is 8.78 Å². The summed E-state index contributed by atoms with van der Waals surface area (Å²) < 4.78 is 26.4. The SMILES string of the molecule is CC(F)(F)c1cccc(-c2ccc(S)cc2)c1. The van der Waals surface area contributed by atoms with Crippen LogP contribution in [0, 0.1) is 0 Å². The Balaban J connectivity index is 2.43. The maximum Gasteiger partial charge on any atom is 0.270 e. The minimum absolute atomic E-state index is 0.0324. The van der Waals surface area contributed by atoms with E-state index in [0.717, 1.165) is 22.9 Å². The fourth-order valence-electron chi connectivity index (χ4n) is 1.63. The monoisotopic (exact) mass is 250 g/mol. The molecule has 0 unspecified atom stereocenters. The second-order valence-electron chi connectivity index (χ2n) is 4.02. The Hall–Kier alpha value is -1.35. The van der Waals surface area contributed by atoms with Crippen molar-refractivity contribution in [2.24, 2.45) is 0 Å². The summed E-state index contributed by atoms with van der Waals surface area (Å²) in [5.74, 6) is -2.81. The van der Waals surface area contributed by atoms with Gasteiger partial charge in [0.1, 0.15) is 0 Å². The molecular formula is C14H12F2S. The number of thiol groups is 1. The highest BCUT2D eigenvalue weighted by Gasteiger charge is 2.24. The van der Waals surface area contributed by atoms with Crippen LogP contribution in [0.1, 0.15) is 12.5 Å². The molecule has 0 radical (unpaired) electrons. The number of hydrogen-bond acceptors (Lipinski definition) is 1. The van der Waals surface area contributed by atoms with Crippen molar-refractivity contribution in [2.75, 3.05) is 0 Å². The minimum atomic E-state index is -2.81. The van der Waals surface area contributed by atoms with Gasteiger partial charge in [-0.3, -0.25) is 0 Å². The first-order chi connectivity index (χ1) is 7.97. The van der Waals surface area contributed by atoms with E-state index in [0.29, 0.717) is 0 Å². The Bertz CT molecular complexity index is 512. The third-order valence-corrected chi connectivity index (χ3v) is 2.87. The van der Waals surface area contributed by atoms with Gasteiger partial charge in [-0.05, 0) is 29.3 Å². The predicted molar refractivity (Wildman–Crippen MR) is 68.7 cm³/mol. The highest BCUT2D eigenvalue weighted by atomic mass is 32.1. The Kier molecular flexibility index (Phi) is 3.20. The van der Waals surface area contributed by atoms with Crippen molar-refractivity contribution in [3.05, 3.63) is 54.1 Å². The van der Waals surface area contributed by atoms with E-state index in [1.165, 1.54) is 12.1 Å². The van der Waals surface area contributed by atoms with Crippen LogP contribution in [0.5, 0.6) is 0 Å². The molecule has 0 bridgehead atoms. The first kappa shape index (κ1) is 12.1. The molecule has 0 nitrogen and oxygen atoms in total. The second-order valence-corrected chi connectivity index (χ2v) is 4.53. The van der Waals surface area contributed by atoms with Gasteiger partial charge in [0.15, 0.2) is 0 Å². The molecule has 2 aromatic carbocycles. The van der Waals surface area contributed by atoms with Gasteiger partial charge in [-0.15, -0.1) is 12.6 Å². The van der Waals surface area contributed by atoms with Gasteiger partial charge in [0.05, 0.1) is 0 Å². The number of hydrogen-bond donors (Lipinski definition) is 1. The van der Waals surface area contributed by atoms with E-state index in [2.05, 4.69) is 12.6 Å². The summed E-state index contributed by atoms with van der Waals surface area (Å²) in [6, 6.07) is 13.9. The van der Waals surface area contributed by atoms with E-state index < -0.39 is 5.92 Å². The molecule has 0 aliphatic carbocycles. The average Bonchev–Trinajstić information content (AvgIpc) is 2.29. The molecule has 3 heteroatoms. The van der Waals surface area contributed by atoms with Gasteiger partial charge in [0, 0.05) is 17.4 Å². The lowest BCUT2D eigenvalue weighted by atomic mass is 10.0. The first-order valence-electron chi connectivity index (χ1n) is 5.24. The summed E-state index contributed by atoms with van der Waals surface area (Å²) in [7, 11) is 0. The standard InChI is InChI=1S/C14H12F2S/c1-14(15,16)12-4-2-3-11(9-12)10-5-7-13(17)8-6-10/h2-9,17H,1H3. The number of halogens is 2. The molecule has 0 spiro atoms. The minimum Gasteiger partial charge on any atom is -0.202 e. The summed E-state index contributed by atoms with van der Waals surface area (Å²) >= 11 is 4.19. The molecule has 0 saturated heterocycles. The molecule has 0 aliphatic heterocycles. The lowest BCUT2D eigenvalue weighted by molar-refractivity contribution is 0.0175. The van der Waals surface area contributed by atoms with Crippen LogP contribution in [0.3, 0.4) is 0 Å². The van der Waals surface area contributed by atoms with Crippen LogP contribution < -0.4 is 0 Å². The summed E-state index contributed by atoms with van der Waals surface area (Å²) in [4.78, 5) is 0.853. The zero-order valence-electron chi connectivity index (χ0n) is 9.32. The molecule has 88 valence electrons. The normalized spacial score (nSPS) is 11.5. The largest absolute Gasteiger partial charge is 0.270 e. The van der Waals surface area contributed by atoms with Gasteiger partial charge in [-0.1, -0.05) is 30.3 Å².